The molecule has 0 radical (unpaired) electrons. The molecule has 138 valence electrons. The molecule has 1 atom stereocenters. The largest absolute Gasteiger partial charge is 0.494 e. The van der Waals surface area contributed by atoms with Crippen LogP contribution in [0.25, 0.3) is 0 Å². The van der Waals surface area contributed by atoms with E-state index in [-0.39, 0.29) is 18.4 Å². The number of aliphatic carboxylic acids is 1. The molecule has 1 aromatic rings. The minimum absolute atomic E-state index is 0.179. The molecule has 0 aliphatic rings. The van der Waals surface area contributed by atoms with Gasteiger partial charge < -0.3 is 20.1 Å². The minimum Gasteiger partial charge on any atom is -0.494 e. The van der Waals surface area contributed by atoms with Gasteiger partial charge in [0.2, 0.25) is 5.91 Å². The quantitative estimate of drug-likeness (QED) is 0.708. The molecule has 2 N–H and O–H groups in total. The first-order valence-electron chi connectivity index (χ1n) is 8.34. The molecule has 0 saturated carbocycles. The summed E-state index contributed by atoms with van der Waals surface area (Å²) in [5.74, 6) is -1.40. The van der Waals surface area contributed by atoms with Gasteiger partial charge in [-0.2, -0.15) is 0 Å². The zero-order valence-corrected chi connectivity index (χ0v) is 15.1. The summed E-state index contributed by atoms with van der Waals surface area (Å²) in [6, 6.07) is 5.83. The van der Waals surface area contributed by atoms with Crippen LogP contribution >= 0.6 is 0 Å². The number of rotatable bonds is 9. The summed E-state index contributed by atoms with van der Waals surface area (Å²) in [6.45, 7) is 7.57. The van der Waals surface area contributed by atoms with Crippen LogP contribution in [-0.4, -0.2) is 53.5 Å². The number of nitrogens with zero attached hydrogens (tertiary/aromatic N) is 1. The number of hydrogen-bond donors (Lipinski definition) is 2. The maximum Gasteiger partial charge on any atom is 0.323 e. The number of carboxylic acids is 1. The molecule has 2 amide bonds. The Morgan fingerprint density at radius 1 is 1.16 bits per heavy atom. The first kappa shape index (κ1) is 20.5. The fourth-order valence-corrected chi connectivity index (χ4v) is 2.31. The Morgan fingerprint density at radius 2 is 1.76 bits per heavy atom. The number of amides is 2. The number of carboxylic acid groups (broad SMARTS) is 1. The predicted octanol–water partition coefficient (Wildman–Crippen LogP) is 1.77. The van der Waals surface area contributed by atoms with E-state index < -0.39 is 24.5 Å². The summed E-state index contributed by atoms with van der Waals surface area (Å²) in [5, 5.41) is 11.6. The molecule has 25 heavy (non-hydrogen) atoms. The van der Waals surface area contributed by atoms with E-state index in [0.29, 0.717) is 17.9 Å². The highest BCUT2D eigenvalue weighted by Gasteiger charge is 2.29. The molecule has 7 nitrogen and oxygen atoms in total. The molecule has 1 rings (SSSR count). The summed E-state index contributed by atoms with van der Waals surface area (Å²) < 4.78 is 5.33. The number of ether oxygens (including phenoxy) is 1. The average molecular weight is 350 g/mol. The van der Waals surface area contributed by atoms with Gasteiger partial charge in [-0.1, -0.05) is 13.8 Å². The molecule has 0 fully saturated rings. The lowest BCUT2D eigenvalue weighted by molar-refractivity contribution is -0.145. The van der Waals surface area contributed by atoms with Gasteiger partial charge in [-0.3, -0.25) is 14.4 Å². The van der Waals surface area contributed by atoms with Crippen LogP contribution in [0.1, 0.15) is 38.1 Å². The van der Waals surface area contributed by atoms with Crippen LogP contribution in [0.2, 0.25) is 0 Å². The number of carbonyl (C=O) groups excluding carboxylic acids is 2. The van der Waals surface area contributed by atoms with Crippen molar-refractivity contribution < 1.29 is 24.2 Å². The second-order valence-electron chi connectivity index (χ2n) is 5.90. The Bertz CT molecular complexity index is 598. The van der Waals surface area contributed by atoms with Crippen LogP contribution < -0.4 is 10.1 Å². The Morgan fingerprint density at radius 3 is 2.20 bits per heavy atom. The Balaban J connectivity index is 2.87. The van der Waals surface area contributed by atoms with E-state index in [1.165, 1.54) is 4.90 Å². The number of likely N-dealkylation sites (N-methyl/N-ethyl adjacent to an activating group) is 1. The SMILES string of the molecule is CCOc1ccc(C(=O)NC(C(=O)N(CC)CC(=O)O)C(C)C)cc1. The van der Waals surface area contributed by atoms with E-state index in [1.807, 2.05) is 6.92 Å². The van der Waals surface area contributed by atoms with Crippen molar-refractivity contribution in [2.75, 3.05) is 19.7 Å². The van der Waals surface area contributed by atoms with E-state index in [2.05, 4.69) is 5.32 Å². The Kier molecular flexibility index (Phi) is 7.91. The number of nitrogens with one attached hydrogen (secondary N) is 1. The summed E-state index contributed by atoms with van der Waals surface area (Å²) in [6.07, 6.45) is 0. The highest BCUT2D eigenvalue weighted by Crippen LogP contribution is 2.13. The van der Waals surface area contributed by atoms with E-state index >= 15 is 0 Å². The zero-order valence-electron chi connectivity index (χ0n) is 15.1. The molecule has 0 bridgehead atoms. The molecule has 0 saturated heterocycles. The molecule has 1 aromatic carbocycles. The van der Waals surface area contributed by atoms with Gasteiger partial charge in [-0.25, -0.2) is 0 Å². The normalized spacial score (nSPS) is 11.7. The fraction of sp³-hybridized carbons (Fsp3) is 0.500. The Hall–Kier alpha value is -2.57. The van der Waals surface area contributed by atoms with Crippen molar-refractivity contribution in [3.63, 3.8) is 0 Å². The number of carbonyl (C=O) groups is 3. The maximum absolute atomic E-state index is 12.6. The third kappa shape index (κ3) is 6.10. The van der Waals surface area contributed by atoms with Crippen molar-refractivity contribution in [2.45, 2.75) is 33.7 Å². The van der Waals surface area contributed by atoms with E-state index in [1.54, 1.807) is 45.0 Å². The van der Waals surface area contributed by atoms with Crippen LogP contribution in [0, 0.1) is 5.92 Å². The molecule has 1 unspecified atom stereocenters. The van der Waals surface area contributed by atoms with Crippen molar-refractivity contribution in [3.8, 4) is 5.75 Å². The van der Waals surface area contributed by atoms with Gasteiger partial charge in [0.25, 0.3) is 5.91 Å². The third-order valence-corrected chi connectivity index (χ3v) is 3.67. The van der Waals surface area contributed by atoms with Crippen LogP contribution in [0.5, 0.6) is 5.75 Å². The summed E-state index contributed by atoms with van der Waals surface area (Å²) in [4.78, 5) is 37.1. The minimum atomic E-state index is -1.09. The van der Waals surface area contributed by atoms with Gasteiger partial charge in [0.1, 0.15) is 18.3 Å². The molecule has 0 aliphatic heterocycles. The molecule has 0 aromatic heterocycles. The predicted molar refractivity (Wildman–Crippen MR) is 93.6 cm³/mol. The van der Waals surface area contributed by atoms with Crippen LogP contribution in [0.4, 0.5) is 0 Å². The zero-order chi connectivity index (χ0) is 19.0. The van der Waals surface area contributed by atoms with Gasteiger partial charge in [0.15, 0.2) is 0 Å². The summed E-state index contributed by atoms with van der Waals surface area (Å²) in [5.41, 5.74) is 0.406. The smallest absolute Gasteiger partial charge is 0.323 e. The highest BCUT2D eigenvalue weighted by molar-refractivity contribution is 5.98. The van der Waals surface area contributed by atoms with Crippen molar-refractivity contribution in [2.24, 2.45) is 5.92 Å². The maximum atomic E-state index is 12.6. The van der Waals surface area contributed by atoms with E-state index in [4.69, 9.17) is 9.84 Å². The van der Waals surface area contributed by atoms with Crippen LogP contribution in [0.15, 0.2) is 24.3 Å². The first-order valence-corrected chi connectivity index (χ1v) is 8.34. The molecular formula is C18H26N2O5. The number of hydrogen-bond acceptors (Lipinski definition) is 4. The first-order chi connectivity index (χ1) is 11.8. The van der Waals surface area contributed by atoms with Gasteiger partial charge in [-0.15, -0.1) is 0 Å². The Labute approximate surface area is 148 Å². The topological polar surface area (TPSA) is 95.9 Å². The second kappa shape index (κ2) is 9.66. The van der Waals surface area contributed by atoms with Crippen molar-refractivity contribution in [3.05, 3.63) is 29.8 Å². The lowest BCUT2D eigenvalue weighted by Crippen LogP contribution is -2.52. The van der Waals surface area contributed by atoms with Gasteiger partial charge in [0, 0.05) is 12.1 Å². The lowest BCUT2D eigenvalue weighted by atomic mass is 10.0. The highest BCUT2D eigenvalue weighted by atomic mass is 16.5. The molecular weight excluding hydrogens is 324 g/mol. The van der Waals surface area contributed by atoms with Gasteiger partial charge >= 0.3 is 5.97 Å². The van der Waals surface area contributed by atoms with E-state index in [0.717, 1.165) is 0 Å². The third-order valence-electron chi connectivity index (χ3n) is 3.67. The fourth-order valence-electron chi connectivity index (χ4n) is 2.31. The van der Waals surface area contributed by atoms with Crippen molar-refractivity contribution >= 4 is 17.8 Å². The number of benzene rings is 1. The second-order valence-corrected chi connectivity index (χ2v) is 5.90. The molecule has 0 aliphatic carbocycles. The summed E-state index contributed by atoms with van der Waals surface area (Å²) in [7, 11) is 0. The standard InChI is InChI=1S/C18H26N2O5/c1-5-20(11-15(21)22)18(24)16(12(3)4)19-17(23)13-7-9-14(10-8-13)25-6-2/h7-10,12,16H,5-6,11H2,1-4H3,(H,19,23)(H,21,22). The van der Waals surface area contributed by atoms with Crippen LogP contribution in [0.3, 0.4) is 0 Å². The van der Waals surface area contributed by atoms with Crippen molar-refractivity contribution in [1.29, 1.82) is 0 Å². The van der Waals surface area contributed by atoms with Crippen molar-refractivity contribution in [1.82, 2.24) is 10.2 Å². The van der Waals surface area contributed by atoms with Crippen LogP contribution in [-0.2, 0) is 9.59 Å². The molecule has 0 spiro atoms. The summed E-state index contributed by atoms with van der Waals surface area (Å²) >= 11 is 0. The average Bonchev–Trinajstić information content (AvgIpc) is 2.57. The lowest BCUT2D eigenvalue weighted by Gasteiger charge is -2.28. The molecule has 7 heteroatoms. The molecule has 0 heterocycles. The van der Waals surface area contributed by atoms with Gasteiger partial charge in [-0.05, 0) is 44.0 Å². The van der Waals surface area contributed by atoms with E-state index in [9.17, 15) is 14.4 Å². The van der Waals surface area contributed by atoms with Gasteiger partial charge in [0.05, 0.1) is 6.61 Å². The monoisotopic (exact) mass is 350 g/mol.